The largest absolute Gasteiger partial charge is 0.497 e. The molecule has 0 unspecified atom stereocenters. The van der Waals surface area contributed by atoms with Crippen LogP contribution in [0.25, 0.3) is 0 Å². The number of methoxy groups -OCH3 is 2. The molecule has 0 radical (unpaired) electrons. The first-order valence-corrected chi connectivity index (χ1v) is 10.5. The maximum absolute atomic E-state index is 11.8. The quantitative estimate of drug-likeness (QED) is 0.375. The lowest BCUT2D eigenvalue weighted by Crippen LogP contribution is -2.46. The predicted molar refractivity (Wildman–Crippen MR) is 115 cm³/mol. The van der Waals surface area contributed by atoms with E-state index in [0.29, 0.717) is 18.9 Å². The molecule has 0 atom stereocenters. The zero-order chi connectivity index (χ0) is 20.5. The molecule has 1 aliphatic heterocycles. The number of ether oxygens (including phenoxy) is 2. The molecule has 9 heteroatoms. The van der Waals surface area contributed by atoms with Gasteiger partial charge < -0.3 is 24.6 Å². The molecule has 156 valence electrons. The lowest BCUT2D eigenvalue weighted by molar-refractivity contribution is -0.118. The summed E-state index contributed by atoms with van der Waals surface area (Å²) in [5.74, 6) is 2.06. The second-order valence-electron chi connectivity index (χ2n) is 6.52. The summed E-state index contributed by atoms with van der Waals surface area (Å²) < 4.78 is 10.2. The van der Waals surface area contributed by atoms with Crippen LogP contribution in [-0.2, 0) is 9.53 Å². The van der Waals surface area contributed by atoms with Crippen molar-refractivity contribution in [2.45, 2.75) is 5.03 Å². The Bertz CT molecular complexity index is 782. The van der Waals surface area contributed by atoms with E-state index >= 15 is 0 Å². The Kier molecular flexibility index (Phi) is 7.94. The number of nitrogens with one attached hydrogen (secondary N) is 1. The Labute approximate surface area is 175 Å². The normalized spacial score (nSPS) is 14.0. The number of piperazine rings is 1. The van der Waals surface area contributed by atoms with Gasteiger partial charge in [-0.25, -0.2) is 9.97 Å². The monoisotopic (exact) mass is 417 g/mol. The molecule has 1 aromatic heterocycles. The summed E-state index contributed by atoms with van der Waals surface area (Å²) in [4.78, 5) is 25.1. The van der Waals surface area contributed by atoms with Gasteiger partial charge in [0.25, 0.3) is 0 Å². The van der Waals surface area contributed by atoms with Crippen molar-refractivity contribution >= 4 is 29.2 Å². The molecule has 1 aromatic carbocycles. The van der Waals surface area contributed by atoms with Gasteiger partial charge in [-0.3, -0.25) is 4.79 Å². The minimum absolute atomic E-state index is 0.0275. The molecule has 1 amide bonds. The number of thioether (sulfide) groups is 1. The first-order chi connectivity index (χ1) is 14.2. The van der Waals surface area contributed by atoms with Gasteiger partial charge >= 0.3 is 0 Å². The number of rotatable bonds is 9. The van der Waals surface area contributed by atoms with E-state index in [4.69, 9.17) is 9.47 Å². The van der Waals surface area contributed by atoms with Crippen LogP contribution in [-0.4, -0.2) is 75.2 Å². The highest BCUT2D eigenvalue weighted by molar-refractivity contribution is 7.99. The maximum atomic E-state index is 11.8. The number of hydrogen-bond acceptors (Lipinski definition) is 8. The number of nitrogens with zero attached hydrogens (tertiary/aromatic N) is 4. The lowest BCUT2D eigenvalue weighted by Gasteiger charge is -2.36. The number of amides is 1. The van der Waals surface area contributed by atoms with Crippen LogP contribution in [0.2, 0.25) is 0 Å². The molecule has 1 saturated heterocycles. The van der Waals surface area contributed by atoms with Gasteiger partial charge in [-0.1, -0.05) is 11.8 Å². The van der Waals surface area contributed by atoms with E-state index < -0.39 is 0 Å². The molecule has 2 aromatic rings. The van der Waals surface area contributed by atoms with E-state index in [2.05, 4.69) is 37.2 Å². The fourth-order valence-corrected chi connectivity index (χ4v) is 3.74. The molecular weight excluding hydrogens is 390 g/mol. The zero-order valence-corrected chi connectivity index (χ0v) is 17.7. The molecule has 0 saturated carbocycles. The Morgan fingerprint density at radius 2 is 1.83 bits per heavy atom. The fraction of sp³-hybridized carbons (Fsp3) is 0.450. The van der Waals surface area contributed by atoms with Crippen molar-refractivity contribution in [2.75, 3.05) is 69.1 Å². The molecule has 3 rings (SSSR count). The van der Waals surface area contributed by atoms with Crippen LogP contribution >= 0.6 is 11.8 Å². The highest BCUT2D eigenvalue weighted by atomic mass is 32.2. The summed E-state index contributed by atoms with van der Waals surface area (Å²) in [5.41, 5.74) is 1.20. The lowest BCUT2D eigenvalue weighted by atomic mass is 10.2. The summed E-state index contributed by atoms with van der Waals surface area (Å²) in [6.07, 6.45) is 1.57. The van der Waals surface area contributed by atoms with Crippen LogP contribution < -0.4 is 19.9 Å². The van der Waals surface area contributed by atoms with Crippen LogP contribution in [0.1, 0.15) is 0 Å². The molecule has 0 spiro atoms. The molecule has 1 aliphatic rings. The first-order valence-electron chi connectivity index (χ1n) is 9.54. The summed E-state index contributed by atoms with van der Waals surface area (Å²) in [6, 6.07) is 10.1. The van der Waals surface area contributed by atoms with Gasteiger partial charge in [0.2, 0.25) is 5.91 Å². The van der Waals surface area contributed by atoms with Crippen molar-refractivity contribution in [3.63, 3.8) is 0 Å². The molecule has 0 bridgehead atoms. The van der Waals surface area contributed by atoms with E-state index in [1.54, 1.807) is 20.5 Å². The number of hydrogen-bond donors (Lipinski definition) is 1. The van der Waals surface area contributed by atoms with Crippen molar-refractivity contribution < 1.29 is 14.3 Å². The molecule has 29 heavy (non-hydrogen) atoms. The van der Waals surface area contributed by atoms with Gasteiger partial charge in [-0.15, -0.1) is 0 Å². The molecule has 2 heterocycles. The Hall–Kier alpha value is -2.52. The smallest absolute Gasteiger partial charge is 0.230 e. The van der Waals surface area contributed by atoms with Crippen LogP contribution in [0.5, 0.6) is 5.75 Å². The van der Waals surface area contributed by atoms with Gasteiger partial charge in [-0.2, -0.15) is 0 Å². The van der Waals surface area contributed by atoms with Gasteiger partial charge in [-0.05, 0) is 24.3 Å². The van der Waals surface area contributed by atoms with Gasteiger partial charge in [0.05, 0.1) is 19.5 Å². The SMILES string of the molecule is COCCNC(=O)CSc1cc(N2CCN(c3ccc(OC)cc3)CC2)ncn1. The van der Waals surface area contributed by atoms with Crippen LogP contribution in [0.3, 0.4) is 0 Å². The number of aromatic nitrogens is 2. The second kappa shape index (κ2) is 10.9. The van der Waals surface area contributed by atoms with Gasteiger partial charge in [0, 0.05) is 51.6 Å². The van der Waals surface area contributed by atoms with Crippen LogP contribution in [0.15, 0.2) is 41.7 Å². The van der Waals surface area contributed by atoms with Crippen LogP contribution in [0.4, 0.5) is 11.5 Å². The maximum Gasteiger partial charge on any atom is 0.230 e. The fourth-order valence-electron chi connectivity index (χ4n) is 3.05. The van der Waals surface area contributed by atoms with E-state index in [0.717, 1.165) is 42.8 Å². The van der Waals surface area contributed by atoms with E-state index in [-0.39, 0.29) is 5.91 Å². The average Bonchev–Trinajstić information content (AvgIpc) is 2.78. The highest BCUT2D eigenvalue weighted by Crippen LogP contribution is 2.23. The van der Waals surface area contributed by atoms with E-state index in [1.165, 1.54) is 17.4 Å². The molecule has 8 nitrogen and oxygen atoms in total. The number of benzene rings is 1. The number of carbonyl (C=O) groups is 1. The number of carbonyl (C=O) groups excluding carboxylic acids is 1. The highest BCUT2D eigenvalue weighted by Gasteiger charge is 2.19. The second-order valence-corrected chi connectivity index (χ2v) is 7.51. The zero-order valence-electron chi connectivity index (χ0n) is 16.8. The number of anilines is 2. The minimum Gasteiger partial charge on any atom is -0.497 e. The van der Waals surface area contributed by atoms with E-state index in [1.807, 2.05) is 18.2 Å². The third kappa shape index (κ3) is 6.23. The third-order valence-electron chi connectivity index (χ3n) is 4.65. The summed E-state index contributed by atoms with van der Waals surface area (Å²) in [7, 11) is 3.29. The Balaban J connectivity index is 1.50. The first kappa shape index (κ1) is 21.2. The van der Waals surface area contributed by atoms with Crippen molar-refractivity contribution in [2.24, 2.45) is 0 Å². The Morgan fingerprint density at radius 1 is 1.10 bits per heavy atom. The molecular formula is C20H27N5O3S. The van der Waals surface area contributed by atoms with Crippen molar-refractivity contribution in [1.29, 1.82) is 0 Å². The van der Waals surface area contributed by atoms with Crippen molar-refractivity contribution in [1.82, 2.24) is 15.3 Å². The predicted octanol–water partition coefficient (Wildman–Crippen LogP) is 1.67. The van der Waals surface area contributed by atoms with Crippen molar-refractivity contribution in [3.05, 3.63) is 36.7 Å². The van der Waals surface area contributed by atoms with Crippen LogP contribution in [0, 0.1) is 0 Å². The van der Waals surface area contributed by atoms with Crippen molar-refractivity contribution in [3.8, 4) is 5.75 Å². The summed E-state index contributed by atoms with van der Waals surface area (Å²) in [6.45, 7) is 4.62. The van der Waals surface area contributed by atoms with Gasteiger partial charge in [0.15, 0.2) is 0 Å². The molecule has 1 fully saturated rings. The average molecular weight is 418 g/mol. The molecule has 1 N–H and O–H groups in total. The topological polar surface area (TPSA) is 79.8 Å². The van der Waals surface area contributed by atoms with Gasteiger partial charge in [0.1, 0.15) is 22.9 Å². The summed E-state index contributed by atoms with van der Waals surface area (Å²) in [5, 5.41) is 3.61. The molecule has 0 aliphatic carbocycles. The summed E-state index contributed by atoms with van der Waals surface area (Å²) >= 11 is 1.41. The van der Waals surface area contributed by atoms with E-state index in [9.17, 15) is 4.79 Å². The standard InChI is InChI=1S/C20H27N5O3S/c1-27-12-7-21-19(26)14-29-20-13-18(22-15-23-20)25-10-8-24(9-11-25)16-3-5-17(28-2)6-4-16/h3-6,13,15H,7-12,14H2,1-2H3,(H,21,26). The minimum atomic E-state index is -0.0275. The third-order valence-corrected chi connectivity index (χ3v) is 5.57. The Morgan fingerprint density at radius 3 is 2.52 bits per heavy atom.